The Bertz CT molecular complexity index is 4890. The molecule has 2 heteroatoms. The van der Waals surface area contributed by atoms with Crippen molar-refractivity contribution in [3.05, 3.63) is 367 Å². The highest BCUT2D eigenvalue weighted by molar-refractivity contribution is 5.92. The van der Waals surface area contributed by atoms with Crippen LogP contribution in [0.3, 0.4) is 0 Å². The van der Waals surface area contributed by atoms with Crippen LogP contribution in [0.25, 0.3) is 89.0 Å². The Morgan fingerprint density at radius 1 is 0.138 bits per heavy atom. The zero-order chi connectivity index (χ0) is 86.6. The van der Waals surface area contributed by atoms with Crippen LogP contribution in [0.4, 0.5) is 34.1 Å². The molecule has 0 unspecified atom stereocenters. The van der Waals surface area contributed by atoms with Gasteiger partial charge in [-0.25, -0.2) is 0 Å². The van der Waals surface area contributed by atoms with Crippen molar-refractivity contribution in [2.75, 3.05) is 9.80 Å². The van der Waals surface area contributed by atoms with Crippen LogP contribution in [0.5, 0.6) is 0 Å². The fourth-order valence-corrected chi connectivity index (χ4v) is 19.0. The molecule has 0 amide bonds. The second-order valence-corrected chi connectivity index (χ2v) is 34.6. The quantitative estimate of drug-likeness (QED) is 0.0397. The molecule has 0 radical (unpaired) electrons. The second-order valence-electron chi connectivity index (χ2n) is 34.6. The van der Waals surface area contributed by atoms with E-state index < -0.39 is 0 Å². The molecule has 0 aliphatic rings. The van der Waals surface area contributed by atoms with Gasteiger partial charge in [0.25, 0.3) is 0 Å². The lowest BCUT2D eigenvalue weighted by atomic mass is 9.70. The summed E-state index contributed by atoms with van der Waals surface area (Å²) in [6, 6.07) is 108. The van der Waals surface area contributed by atoms with Gasteiger partial charge in [-0.05, 0) is 402 Å². The Morgan fingerprint density at radius 2 is 0.260 bits per heavy atom. The van der Waals surface area contributed by atoms with E-state index in [0.29, 0.717) is 0 Å². The maximum Gasteiger partial charge on any atom is 0.0473 e. The Kier molecular flexibility index (Phi) is 28.5. The molecule has 0 saturated carbocycles. The topological polar surface area (TPSA) is 6.48 Å². The summed E-state index contributed by atoms with van der Waals surface area (Å²) in [5.74, 6) is 0. The van der Waals surface area contributed by atoms with Gasteiger partial charge in [0, 0.05) is 39.5 Å². The van der Waals surface area contributed by atoms with E-state index in [9.17, 15) is 0 Å². The van der Waals surface area contributed by atoms with Crippen LogP contribution in [0.2, 0.25) is 0 Å². The molecule has 0 aliphatic carbocycles. The first-order valence-corrected chi connectivity index (χ1v) is 47.4. The van der Waals surface area contributed by atoms with E-state index in [1.807, 2.05) is 0 Å². The van der Waals surface area contributed by atoms with Gasteiger partial charge in [-0.2, -0.15) is 0 Å². The number of aryl methyl sites for hydroxylation is 16. The van der Waals surface area contributed by atoms with Crippen molar-refractivity contribution in [2.45, 2.75) is 246 Å². The smallest absolute Gasteiger partial charge is 0.0473 e. The maximum absolute atomic E-state index is 2.61. The molecular formula is C121H134N2. The van der Waals surface area contributed by atoms with Crippen molar-refractivity contribution in [3.8, 4) is 89.0 Å². The molecule has 0 spiro atoms. The van der Waals surface area contributed by atoms with Crippen LogP contribution < -0.4 is 9.80 Å². The van der Waals surface area contributed by atoms with Crippen LogP contribution in [0.1, 0.15) is 238 Å². The molecule has 0 fully saturated rings. The lowest BCUT2D eigenvalue weighted by molar-refractivity contribution is 0.478. The minimum atomic E-state index is -0.344. The van der Waals surface area contributed by atoms with E-state index in [0.717, 1.165) is 150 Å². The van der Waals surface area contributed by atoms with E-state index in [2.05, 4.69) is 401 Å². The molecule has 0 N–H and O–H groups in total. The largest absolute Gasteiger partial charge is 0.310 e. The number of rotatable bonds is 34. The summed E-state index contributed by atoms with van der Waals surface area (Å²) < 4.78 is 0. The second kappa shape index (κ2) is 39.9. The first-order valence-electron chi connectivity index (χ1n) is 47.4. The molecule has 2 nitrogen and oxygen atoms in total. The SMILES string of the molecule is CCc1cc(CC)cc(-c2cc(-c3cc(CC)cc(CC)c3)cc(N(c3ccc(C(CC)(CC)c4ccc(N(c5cc(-c6cc(CC)cc(CC)c6)cc(-c6cc(CC)cc(CC)c6)c5)c5cc(-c6cc(CC)cc(CC)c6)cc(-c6cc(CC)cc(CC)c6)c5)cc4)cc3)c3cc(-c4cc(CC)cc(CC)c4)cc(-c4cc(CC)cc(CC)c4)c3)c2)c1. The van der Waals surface area contributed by atoms with E-state index in [1.54, 1.807) is 0 Å². The number of hydrogen-bond donors (Lipinski definition) is 0. The minimum Gasteiger partial charge on any atom is -0.310 e. The molecule has 0 bridgehead atoms. The number of hydrogen-bond acceptors (Lipinski definition) is 2. The minimum absolute atomic E-state index is 0.344. The van der Waals surface area contributed by atoms with Gasteiger partial charge >= 0.3 is 0 Å². The number of benzene rings is 14. The van der Waals surface area contributed by atoms with Crippen molar-refractivity contribution in [2.24, 2.45) is 0 Å². The van der Waals surface area contributed by atoms with Crippen LogP contribution in [0.15, 0.2) is 267 Å². The summed E-state index contributed by atoms with van der Waals surface area (Å²) in [5, 5.41) is 0. The standard InChI is InChI=1S/C121H134N2/c1-19-81-45-82(20-2)54-97(53-81)105-69-106(98-55-83(21-3)46-84(22-4)56-98)74-117(73-105)122(118-75-107(99-57-85(23-5)47-86(24-6)58-99)70-108(76-118)100-59-87(25-7)48-88(26-8)60-100)115-41-37-113(38-42-115)121(35-17,36-18)114-39-43-116(44-40-114)123(119-77-109(101-61-89(27-9)49-90(28-10)62-101)71-110(78-119)102-63-91(29-11)50-92(30-12)64-102)120-79-111(103-65-93(31-13)51-94(32-14)66-103)72-112(80-120)104-67-95(33-15)52-96(34-16)68-104/h37-80H,19-36H2,1-18H3. The Hall–Kier alpha value is -11.3. The third kappa shape index (κ3) is 19.5. The highest BCUT2D eigenvalue weighted by Gasteiger charge is 2.33. The molecule has 0 aliphatic heterocycles. The Morgan fingerprint density at radius 3 is 0.374 bits per heavy atom. The third-order valence-corrected chi connectivity index (χ3v) is 26.9. The predicted octanol–water partition coefficient (Wildman–Crippen LogP) is 34.1. The lowest BCUT2D eigenvalue weighted by Gasteiger charge is -2.35. The van der Waals surface area contributed by atoms with E-state index in [-0.39, 0.29) is 5.41 Å². The van der Waals surface area contributed by atoms with Gasteiger partial charge in [-0.1, -0.05) is 294 Å². The first-order chi connectivity index (χ1) is 59.9. The number of anilines is 6. The van der Waals surface area contributed by atoms with Gasteiger partial charge in [-0.15, -0.1) is 0 Å². The van der Waals surface area contributed by atoms with Gasteiger partial charge in [0.1, 0.15) is 0 Å². The normalized spacial score (nSPS) is 11.6. The highest BCUT2D eigenvalue weighted by Crippen LogP contribution is 2.50. The number of nitrogens with zero attached hydrogens (tertiary/aromatic N) is 2. The van der Waals surface area contributed by atoms with Crippen LogP contribution in [-0.2, 0) is 108 Å². The van der Waals surface area contributed by atoms with Crippen molar-refractivity contribution < 1.29 is 0 Å². The average Bonchev–Trinajstić information content (AvgIpc) is 0.757. The molecular weight excluding hydrogens is 1480 g/mol. The Balaban J connectivity index is 1.00. The molecule has 628 valence electrons. The first kappa shape index (κ1) is 88.0. The molecule has 14 aromatic rings. The van der Waals surface area contributed by atoms with Gasteiger partial charge in [0.05, 0.1) is 0 Å². The van der Waals surface area contributed by atoms with Gasteiger partial charge in [0.2, 0.25) is 0 Å². The summed E-state index contributed by atoms with van der Waals surface area (Å²) in [6.07, 6.45) is 17.3. The summed E-state index contributed by atoms with van der Waals surface area (Å²) in [5.41, 5.74) is 50.6. The molecule has 14 rings (SSSR count). The van der Waals surface area contributed by atoms with Gasteiger partial charge < -0.3 is 9.80 Å². The Labute approximate surface area is 740 Å². The van der Waals surface area contributed by atoms with Gasteiger partial charge in [-0.3, -0.25) is 0 Å². The summed E-state index contributed by atoms with van der Waals surface area (Å²) in [6.45, 7) is 41.6. The van der Waals surface area contributed by atoms with Crippen molar-refractivity contribution in [1.82, 2.24) is 0 Å². The van der Waals surface area contributed by atoms with Crippen molar-refractivity contribution in [1.29, 1.82) is 0 Å². The van der Waals surface area contributed by atoms with Crippen molar-refractivity contribution in [3.63, 3.8) is 0 Å². The van der Waals surface area contributed by atoms with Crippen molar-refractivity contribution >= 4 is 34.1 Å². The lowest BCUT2D eigenvalue weighted by Crippen LogP contribution is -2.26. The summed E-state index contributed by atoms with van der Waals surface area (Å²) >= 11 is 0. The van der Waals surface area contributed by atoms with Crippen LogP contribution >= 0.6 is 0 Å². The highest BCUT2D eigenvalue weighted by atomic mass is 15.1. The van der Waals surface area contributed by atoms with Gasteiger partial charge in [0.15, 0.2) is 0 Å². The zero-order valence-electron chi connectivity index (χ0n) is 77.5. The fraction of sp³-hybridized carbons (Fsp3) is 0.306. The molecule has 0 saturated heterocycles. The maximum atomic E-state index is 2.61. The predicted molar refractivity (Wildman–Crippen MR) is 537 cm³/mol. The van der Waals surface area contributed by atoms with E-state index in [1.165, 1.54) is 189 Å². The zero-order valence-corrected chi connectivity index (χ0v) is 77.5. The summed E-state index contributed by atoms with van der Waals surface area (Å²) in [7, 11) is 0. The average molecular weight is 1620 g/mol. The van der Waals surface area contributed by atoms with E-state index >= 15 is 0 Å². The third-order valence-electron chi connectivity index (χ3n) is 26.9. The molecule has 0 atom stereocenters. The molecule has 0 heterocycles. The monoisotopic (exact) mass is 1620 g/mol. The van der Waals surface area contributed by atoms with Crippen LogP contribution in [0, 0.1) is 0 Å². The molecule has 14 aromatic carbocycles. The molecule has 123 heavy (non-hydrogen) atoms. The van der Waals surface area contributed by atoms with E-state index in [4.69, 9.17) is 0 Å². The summed E-state index contributed by atoms with van der Waals surface area (Å²) in [4.78, 5) is 5.21. The molecule has 0 aromatic heterocycles. The van der Waals surface area contributed by atoms with Crippen LogP contribution in [-0.4, -0.2) is 0 Å². The fourth-order valence-electron chi connectivity index (χ4n) is 19.0.